The largest absolute Gasteiger partial charge is 0.423 e. The zero-order valence-corrected chi connectivity index (χ0v) is 62.4. The summed E-state index contributed by atoms with van der Waals surface area (Å²) in [5.74, 6) is -0.180. The molecule has 6 aromatic rings. The van der Waals surface area contributed by atoms with E-state index in [1.807, 2.05) is 42.5 Å². The Hall–Kier alpha value is -8.21. The van der Waals surface area contributed by atoms with Gasteiger partial charge < -0.3 is 39.4 Å². The predicted molar refractivity (Wildman–Crippen MR) is 408 cm³/mol. The van der Waals surface area contributed by atoms with Gasteiger partial charge in [-0.15, -0.1) is 0 Å². The van der Waals surface area contributed by atoms with Gasteiger partial charge in [0.05, 0.1) is 0 Å². The molecule has 0 radical (unpaired) electrons. The minimum Gasteiger partial charge on any atom is -0.423 e. The molecule has 0 aliphatic heterocycles. The second-order valence-electron chi connectivity index (χ2n) is 29.3. The number of aliphatic hydroxyl groups is 4. The second-order valence-corrected chi connectivity index (χ2v) is 29.3. The van der Waals surface area contributed by atoms with Crippen LogP contribution in [0.5, 0.6) is 23.0 Å². The van der Waals surface area contributed by atoms with Crippen LogP contribution in [-0.2, 0) is 54.5 Å². The molecule has 3 aliphatic carbocycles. The maximum atomic E-state index is 16.3. The molecular formula is C89H111FO14. The summed E-state index contributed by atoms with van der Waals surface area (Å²) in [4.78, 5) is 73.9. The van der Waals surface area contributed by atoms with Gasteiger partial charge in [0.1, 0.15) is 28.8 Å². The van der Waals surface area contributed by atoms with Crippen molar-refractivity contribution < 1.29 is 72.5 Å². The molecule has 0 bridgehead atoms. The van der Waals surface area contributed by atoms with Gasteiger partial charge in [0.25, 0.3) is 0 Å². The van der Waals surface area contributed by atoms with E-state index < -0.39 is 35.4 Å². The lowest BCUT2D eigenvalue weighted by Gasteiger charge is -2.32. The molecule has 3 fully saturated rings. The lowest BCUT2D eigenvalue weighted by molar-refractivity contribution is -0.146. The predicted octanol–water partition coefficient (Wildman–Crippen LogP) is 19.0. The van der Waals surface area contributed by atoms with Gasteiger partial charge in [0, 0.05) is 68.1 Å². The van der Waals surface area contributed by atoms with E-state index in [2.05, 4.69) is 51.3 Å². The number of hydrogen-bond acceptors (Lipinski definition) is 14. The van der Waals surface area contributed by atoms with Gasteiger partial charge in [-0.2, -0.15) is 0 Å². The lowest BCUT2D eigenvalue weighted by Crippen LogP contribution is -2.19. The van der Waals surface area contributed by atoms with Crippen molar-refractivity contribution in [3.8, 4) is 67.5 Å². The molecule has 15 heteroatoms. The van der Waals surface area contributed by atoms with Gasteiger partial charge in [0.2, 0.25) is 11.6 Å². The molecule has 0 unspecified atom stereocenters. The third kappa shape index (κ3) is 22.9. The summed E-state index contributed by atoms with van der Waals surface area (Å²) < 4.78 is 39.1. The van der Waals surface area contributed by atoms with Crippen LogP contribution in [0.3, 0.4) is 0 Å². The molecule has 0 aromatic heterocycles. The standard InChI is InChI=1S/C45H58O7.C44H53FO7/c1-6-7-9-13-33-16-18-34(19-17-33)35-20-22-39(31(4)26-35)38-28-41(40(15-10-8-11-24-46)43(29-38)52-44(49)30(2)3)36-21-23-42(51-45(50)32(5)48)37(27-36)14-12-25-47;1-28(2)43(49)52-42-27-36(37-20-18-33(26-40(37)45)32-16-14-31(15-17-32)30-10-6-7-11-30)25-39(38(42)13-5-4-8-22-46)34-19-21-41(51-44(50)29(3)48)35(24-34)12-9-23-47/h20-23,26-29,33-34,46-47H,2,6-19,24-25H2,1,3-5H3;18-21,24-27,30-32,46-47H,1,4-17,22-23H2,2-3H3. The van der Waals surface area contributed by atoms with Crippen molar-refractivity contribution >= 4 is 35.4 Å². The van der Waals surface area contributed by atoms with Gasteiger partial charge in [-0.3, -0.25) is 9.59 Å². The van der Waals surface area contributed by atoms with Crippen LogP contribution >= 0.6 is 0 Å². The molecule has 0 saturated heterocycles. The number of ether oxygens (including phenoxy) is 4. The lowest BCUT2D eigenvalue weighted by atomic mass is 9.73. The Morgan fingerprint density at radius 3 is 1.28 bits per heavy atom. The molecule has 0 heterocycles. The van der Waals surface area contributed by atoms with E-state index in [1.165, 1.54) is 102 Å². The number of ketones is 2. The Labute approximate surface area is 615 Å². The fraction of sp³-hybridized carbons (Fsp3) is 0.483. The molecule has 104 heavy (non-hydrogen) atoms. The SMILES string of the molecule is C=C(C)C(=O)Oc1cc(-c2ccc(C3CCC(C4CCCC4)CC3)cc2F)cc(-c2ccc(OC(=O)C(C)=O)c(CCCO)c2)c1CCCCCO.C=C(C)C(=O)Oc1cc(-c2ccc(C3CCC(CCCCC)CC3)cc2C)cc(-c2ccc(OC(=O)C(C)=O)c(CCCO)c2)c1CCCCCO. The minimum atomic E-state index is -0.987. The highest BCUT2D eigenvalue weighted by molar-refractivity contribution is 6.33. The molecule has 4 N–H and O–H groups in total. The van der Waals surface area contributed by atoms with Crippen LogP contribution in [0, 0.1) is 30.5 Å². The minimum absolute atomic E-state index is 0.0490. The van der Waals surface area contributed by atoms with Crippen LogP contribution in [0.25, 0.3) is 44.5 Å². The van der Waals surface area contributed by atoms with Crippen molar-refractivity contribution in [1.29, 1.82) is 0 Å². The summed E-state index contributed by atoms with van der Waals surface area (Å²) in [5.41, 5.74) is 12.9. The Kier molecular flexibility index (Phi) is 32.0. The molecule has 0 amide bonds. The molecule has 3 saturated carbocycles. The number of rotatable bonds is 35. The van der Waals surface area contributed by atoms with Gasteiger partial charge in [-0.25, -0.2) is 23.6 Å². The Morgan fingerprint density at radius 1 is 0.413 bits per heavy atom. The first kappa shape index (κ1) is 81.5. The summed E-state index contributed by atoms with van der Waals surface area (Å²) in [6.45, 7) is 17.5. The van der Waals surface area contributed by atoms with E-state index in [1.54, 1.807) is 44.2 Å². The summed E-state index contributed by atoms with van der Waals surface area (Å²) in [6.07, 6.45) is 27.3. The topological polar surface area (TPSA) is 220 Å². The van der Waals surface area contributed by atoms with Crippen LogP contribution in [-0.4, -0.2) is 82.3 Å². The highest BCUT2D eigenvalue weighted by Crippen LogP contribution is 2.47. The van der Waals surface area contributed by atoms with E-state index in [-0.39, 0.29) is 49.3 Å². The summed E-state index contributed by atoms with van der Waals surface area (Å²) in [6, 6.07) is 30.7. The van der Waals surface area contributed by atoms with Crippen molar-refractivity contribution in [3.05, 3.63) is 166 Å². The number of hydrogen-bond donors (Lipinski definition) is 4. The van der Waals surface area contributed by atoms with Crippen molar-refractivity contribution in [2.75, 3.05) is 26.4 Å². The highest BCUT2D eigenvalue weighted by Gasteiger charge is 2.32. The maximum Gasteiger partial charge on any atom is 0.379 e. The van der Waals surface area contributed by atoms with Gasteiger partial charge in [-0.1, -0.05) is 127 Å². The number of unbranched alkanes of at least 4 members (excludes halogenated alkanes) is 6. The monoisotopic (exact) mass is 1420 g/mol. The molecule has 14 nitrogen and oxygen atoms in total. The quantitative estimate of drug-likeness (QED) is 0.00956. The van der Waals surface area contributed by atoms with Crippen LogP contribution in [0.1, 0.15) is 239 Å². The first-order valence-corrected chi connectivity index (χ1v) is 38.3. The van der Waals surface area contributed by atoms with Crippen molar-refractivity contribution in [1.82, 2.24) is 0 Å². The van der Waals surface area contributed by atoms with Crippen molar-refractivity contribution in [2.24, 2.45) is 17.8 Å². The van der Waals surface area contributed by atoms with Crippen molar-refractivity contribution in [3.63, 3.8) is 0 Å². The maximum absolute atomic E-state index is 16.3. The Morgan fingerprint density at radius 2 is 0.846 bits per heavy atom. The van der Waals surface area contributed by atoms with Crippen LogP contribution in [0.2, 0.25) is 0 Å². The molecule has 0 atom stereocenters. The number of carbonyl (C=O) groups excluding carboxylic acids is 6. The smallest absolute Gasteiger partial charge is 0.379 e. The van der Waals surface area contributed by atoms with Gasteiger partial charge in [0.15, 0.2) is 0 Å². The number of aliphatic hydroxyl groups excluding tert-OH is 4. The molecule has 558 valence electrons. The number of carbonyl (C=O) groups is 6. The highest BCUT2D eigenvalue weighted by atomic mass is 19.1. The molecule has 6 aromatic carbocycles. The number of Topliss-reactive ketones (excluding diaryl/α,β-unsaturated/α-hetero) is 2. The molecular weight excluding hydrogens is 1310 g/mol. The zero-order chi connectivity index (χ0) is 74.8. The Bertz CT molecular complexity index is 3950. The van der Waals surface area contributed by atoms with Crippen LogP contribution in [0.15, 0.2) is 121 Å². The molecule has 3 aliphatic rings. The first-order chi connectivity index (χ1) is 50.1. The summed E-state index contributed by atoms with van der Waals surface area (Å²) >= 11 is 0. The van der Waals surface area contributed by atoms with Crippen molar-refractivity contribution in [2.45, 2.75) is 233 Å². The van der Waals surface area contributed by atoms with E-state index >= 15 is 4.39 Å². The van der Waals surface area contributed by atoms with E-state index in [0.717, 1.165) is 101 Å². The third-order valence-corrected chi connectivity index (χ3v) is 21.3. The second kappa shape index (κ2) is 40.9. The van der Waals surface area contributed by atoms with Crippen LogP contribution < -0.4 is 18.9 Å². The van der Waals surface area contributed by atoms with Gasteiger partial charge >= 0.3 is 23.9 Å². The van der Waals surface area contributed by atoms with E-state index in [9.17, 15) is 49.2 Å². The number of benzene rings is 6. The third-order valence-electron chi connectivity index (χ3n) is 21.3. The number of halogens is 1. The normalized spacial score (nSPS) is 16.6. The fourth-order valence-electron chi connectivity index (χ4n) is 15.4. The van der Waals surface area contributed by atoms with Crippen LogP contribution in [0.4, 0.5) is 4.39 Å². The van der Waals surface area contributed by atoms with E-state index in [4.69, 9.17) is 18.9 Å². The zero-order valence-electron chi connectivity index (χ0n) is 62.4. The number of esters is 4. The summed E-state index contributed by atoms with van der Waals surface area (Å²) in [7, 11) is 0. The summed E-state index contributed by atoms with van der Waals surface area (Å²) in [5, 5.41) is 38.1. The fourth-order valence-corrected chi connectivity index (χ4v) is 15.4. The number of aryl methyl sites for hydroxylation is 3. The van der Waals surface area contributed by atoms with Gasteiger partial charge in [-0.05, 0) is 287 Å². The first-order valence-electron chi connectivity index (χ1n) is 38.3. The molecule has 0 spiro atoms. The average Bonchev–Trinajstić information content (AvgIpc) is 0.855. The molecule has 9 rings (SSSR count). The average molecular weight is 1420 g/mol. The van der Waals surface area contributed by atoms with E-state index in [0.29, 0.717) is 120 Å². The Balaban J connectivity index is 0.000000263.